The van der Waals surface area contributed by atoms with Crippen LogP contribution in [-0.4, -0.2) is 30.6 Å². The number of esters is 1. The summed E-state index contributed by atoms with van der Waals surface area (Å²) in [5.74, 6) is -1.89. The number of nitriles is 1. The van der Waals surface area contributed by atoms with Crippen LogP contribution in [0, 0.1) is 18.3 Å². The van der Waals surface area contributed by atoms with Gasteiger partial charge in [0.2, 0.25) is 0 Å². The number of nitrogens with one attached hydrogen (secondary N) is 2. The average molecular weight is 470 g/mol. The number of carbonyl (C=O) groups is 3. The number of hydrogen-bond donors (Lipinski definition) is 2. The molecular weight excluding hydrogens is 448 g/mol. The second kappa shape index (κ2) is 11.2. The van der Waals surface area contributed by atoms with E-state index in [1.165, 1.54) is 31.4 Å². The highest BCUT2D eigenvalue weighted by atomic mass is 16.6. The van der Waals surface area contributed by atoms with E-state index >= 15 is 0 Å². The van der Waals surface area contributed by atoms with E-state index in [2.05, 4.69) is 15.8 Å². The summed E-state index contributed by atoms with van der Waals surface area (Å²) in [7, 11) is 1.44. The first-order valence-corrected chi connectivity index (χ1v) is 10.4. The van der Waals surface area contributed by atoms with Crippen LogP contribution in [0.1, 0.15) is 34.0 Å². The summed E-state index contributed by atoms with van der Waals surface area (Å²) in [5.41, 5.74) is 5.30. The van der Waals surface area contributed by atoms with Crippen molar-refractivity contribution < 1.29 is 23.9 Å². The smallest absolute Gasteiger partial charge is 0.343 e. The van der Waals surface area contributed by atoms with Gasteiger partial charge in [-0.1, -0.05) is 17.7 Å². The summed E-state index contributed by atoms with van der Waals surface area (Å²) in [4.78, 5) is 36.6. The van der Waals surface area contributed by atoms with Crippen LogP contribution in [0.15, 0.2) is 71.8 Å². The number of methoxy groups -OCH3 is 1. The molecule has 0 saturated heterocycles. The van der Waals surface area contributed by atoms with Gasteiger partial charge in [0.1, 0.15) is 0 Å². The first-order valence-electron chi connectivity index (χ1n) is 10.4. The monoisotopic (exact) mass is 470 g/mol. The fourth-order valence-corrected chi connectivity index (χ4v) is 2.97. The molecule has 9 nitrogen and oxygen atoms in total. The highest BCUT2D eigenvalue weighted by Crippen LogP contribution is 2.29. The molecule has 3 aromatic rings. The van der Waals surface area contributed by atoms with Crippen LogP contribution in [-0.2, 0) is 9.59 Å². The van der Waals surface area contributed by atoms with Crippen molar-refractivity contribution in [3.63, 3.8) is 0 Å². The van der Waals surface area contributed by atoms with Gasteiger partial charge in [0, 0.05) is 11.3 Å². The van der Waals surface area contributed by atoms with Gasteiger partial charge < -0.3 is 14.8 Å². The van der Waals surface area contributed by atoms with Crippen LogP contribution in [0.5, 0.6) is 11.5 Å². The first-order chi connectivity index (χ1) is 16.8. The Hall–Kier alpha value is -4.97. The summed E-state index contributed by atoms with van der Waals surface area (Å²) in [5, 5.41) is 15.2. The second-order valence-corrected chi connectivity index (χ2v) is 7.41. The van der Waals surface area contributed by atoms with Gasteiger partial charge in [0.25, 0.3) is 0 Å². The number of rotatable bonds is 6. The average Bonchev–Trinajstić information content (AvgIpc) is 2.87. The highest BCUT2D eigenvalue weighted by molar-refractivity contribution is 6.39. The third-order valence-corrected chi connectivity index (χ3v) is 4.84. The Morgan fingerprint density at radius 2 is 1.66 bits per heavy atom. The van der Waals surface area contributed by atoms with E-state index in [4.69, 9.17) is 14.7 Å². The van der Waals surface area contributed by atoms with Gasteiger partial charge >= 0.3 is 17.8 Å². The minimum absolute atomic E-state index is 0.224. The number of aryl methyl sites for hydroxylation is 1. The van der Waals surface area contributed by atoms with Crippen LogP contribution in [0.3, 0.4) is 0 Å². The van der Waals surface area contributed by atoms with Crippen molar-refractivity contribution in [2.75, 3.05) is 12.4 Å². The molecule has 2 amide bonds. The van der Waals surface area contributed by atoms with E-state index in [1.807, 2.05) is 19.1 Å². The Labute approximate surface area is 202 Å². The second-order valence-electron chi connectivity index (χ2n) is 7.41. The Bertz CT molecular complexity index is 1340. The maximum atomic E-state index is 12.5. The third-order valence-electron chi connectivity index (χ3n) is 4.84. The Balaban J connectivity index is 1.65. The zero-order valence-electron chi connectivity index (χ0n) is 19.3. The molecule has 0 heterocycles. The van der Waals surface area contributed by atoms with Gasteiger partial charge in [-0.2, -0.15) is 10.4 Å². The lowest BCUT2D eigenvalue weighted by Gasteiger charge is -2.11. The number of anilines is 1. The highest BCUT2D eigenvalue weighted by Gasteiger charge is 2.16. The van der Waals surface area contributed by atoms with Crippen LogP contribution in [0.2, 0.25) is 0 Å². The normalized spacial score (nSPS) is 10.6. The standard InChI is InChI=1S/C26H22N4O5/c1-16-5-4-6-20(13-16)26(33)35-22-12-9-19(14-23(22)34-3)17(2)29-30-25(32)24(31)28-21-10-7-18(15-27)8-11-21/h4-14H,1-3H3,(H,28,31)(H,30,32). The lowest BCUT2D eigenvalue weighted by atomic mass is 10.1. The van der Waals surface area contributed by atoms with Crippen LogP contribution >= 0.6 is 0 Å². The molecule has 0 saturated carbocycles. The predicted octanol–water partition coefficient (Wildman–Crippen LogP) is 3.57. The molecule has 0 unspecified atom stereocenters. The Morgan fingerprint density at radius 3 is 2.31 bits per heavy atom. The van der Waals surface area contributed by atoms with E-state index in [0.29, 0.717) is 33.8 Å². The molecule has 35 heavy (non-hydrogen) atoms. The van der Waals surface area contributed by atoms with Crippen molar-refractivity contribution in [3.8, 4) is 17.6 Å². The lowest BCUT2D eigenvalue weighted by molar-refractivity contribution is -0.136. The summed E-state index contributed by atoms with van der Waals surface area (Å²) in [6.45, 7) is 3.51. The van der Waals surface area contributed by atoms with E-state index in [9.17, 15) is 14.4 Å². The van der Waals surface area contributed by atoms with Gasteiger partial charge in [-0.25, -0.2) is 10.2 Å². The molecule has 3 rings (SSSR count). The van der Waals surface area contributed by atoms with Gasteiger partial charge in [-0.3, -0.25) is 9.59 Å². The van der Waals surface area contributed by atoms with Gasteiger partial charge in [0.15, 0.2) is 11.5 Å². The number of hydrazone groups is 1. The summed E-state index contributed by atoms with van der Waals surface area (Å²) in [6.07, 6.45) is 0. The maximum absolute atomic E-state index is 12.5. The first kappa shape index (κ1) is 24.7. The van der Waals surface area contributed by atoms with Crippen molar-refractivity contribution in [2.45, 2.75) is 13.8 Å². The fraction of sp³-hybridized carbons (Fsp3) is 0.115. The zero-order valence-corrected chi connectivity index (χ0v) is 19.3. The van der Waals surface area contributed by atoms with E-state index in [-0.39, 0.29) is 5.75 Å². The van der Waals surface area contributed by atoms with Crippen molar-refractivity contribution in [1.82, 2.24) is 5.43 Å². The van der Waals surface area contributed by atoms with E-state index < -0.39 is 17.8 Å². The summed E-state index contributed by atoms with van der Waals surface area (Å²) >= 11 is 0. The molecule has 0 aliphatic carbocycles. The Kier molecular flexibility index (Phi) is 7.93. The predicted molar refractivity (Wildman–Crippen MR) is 129 cm³/mol. The SMILES string of the molecule is COc1cc(C(C)=NNC(=O)C(=O)Nc2ccc(C#N)cc2)ccc1OC(=O)c1cccc(C)c1. The topological polar surface area (TPSA) is 130 Å². The minimum atomic E-state index is -0.968. The maximum Gasteiger partial charge on any atom is 0.343 e. The minimum Gasteiger partial charge on any atom is -0.493 e. The molecule has 176 valence electrons. The van der Waals surface area contributed by atoms with Crippen molar-refractivity contribution >= 4 is 29.2 Å². The fourth-order valence-electron chi connectivity index (χ4n) is 2.97. The molecule has 0 radical (unpaired) electrons. The number of ether oxygens (including phenoxy) is 2. The van der Waals surface area contributed by atoms with Crippen molar-refractivity contribution in [1.29, 1.82) is 5.26 Å². The molecule has 2 N–H and O–H groups in total. The largest absolute Gasteiger partial charge is 0.493 e. The van der Waals surface area contributed by atoms with E-state index in [0.717, 1.165) is 5.56 Å². The van der Waals surface area contributed by atoms with E-state index in [1.54, 1.807) is 43.3 Å². The summed E-state index contributed by atoms with van der Waals surface area (Å²) < 4.78 is 10.8. The number of carbonyl (C=O) groups excluding carboxylic acids is 3. The number of nitrogens with zero attached hydrogens (tertiary/aromatic N) is 2. The quantitative estimate of drug-likeness (QED) is 0.186. The van der Waals surface area contributed by atoms with Gasteiger partial charge in [-0.05, 0) is 68.4 Å². The van der Waals surface area contributed by atoms with Gasteiger partial charge in [-0.15, -0.1) is 0 Å². The molecule has 0 aliphatic heterocycles. The lowest BCUT2D eigenvalue weighted by Crippen LogP contribution is -2.32. The Morgan fingerprint density at radius 1 is 0.914 bits per heavy atom. The van der Waals surface area contributed by atoms with Crippen molar-refractivity contribution in [3.05, 3.63) is 89.0 Å². The molecule has 9 heteroatoms. The van der Waals surface area contributed by atoms with Crippen LogP contribution < -0.4 is 20.2 Å². The zero-order chi connectivity index (χ0) is 25.4. The molecule has 0 aromatic heterocycles. The van der Waals surface area contributed by atoms with Gasteiger partial charge in [0.05, 0.1) is 30.0 Å². The molecular formula is C26H22N4O5. The molecule has 3 aromatic carbocycles. The number of benzene rings is 3. The molecule has 0 spiro atoms. The molecule has 0 bridgehead atoms. The number of hydrogen-bond acceptors (Lipinski definition) is 7. The van der Waals surface area contributed by atoms with Crippen LogP contribution in [0.25, 0.3) is 0 Å². The molecule has 0 fully saturated rings. The number of amides is 2. The van der Waals surface area contributed by atoms with Crippen LogP contribution in [0.4, 0.5) is 5.69 Å². The summed E-state index contributed by atoms with van der Waals surface area (Å²) in [6, 6.07) is 19.9. The molecule has 0 atom stereocenters. The van der Waals surface area contributed by atoms with Crippen molar-refractivity contribution in [2.24, 2.45) is 5.10 Å². The third kappa shape index (κ3) is 6.52. The molecule has 0 aliphatic rings.